The van der Waals surface area contributed by atoms with Crippen LogP contribution in [-0.4, -0.2) is 5.91 Å². The Kier molecular flexibility index (Phi) is 3.45. The number of fused-ring (bicyclic) bond motifs is 1. The lowest BCUT2D eigenvalue weighted by Gasteiger charge is -1.98. The topological polar surface area (TPSA) is 29.1 Å². The second-order valence-corrected chi connectivity index (χ2v) is 6.81. The molecular formula is C15H12INOS. The molecular weight excluding hydrogens is 369 g/mol. The molecule has 2 nitrogen and oxygen atoms in total. The number of rotatable bonds is 2. The number of aryl methyl sites for hydroxylation is 1. The molecule has 0 saturated carbocycles. The van der Waals surface area contributed by atoms with Crippen LogP contribution >= 0.6 is 33.9 Å². The lowest BCUT2D eigenvalue weighted by molar-refractivity contribution is -0.110. The van der Waals surface area contributed by atoms with Crippen LogP contribution in [0.4, 0.5) is 5.69 Å². The maximum absolute atomic E-state index is 12.0. The summed E-state index contributed by atoms with van der Waals surface area (Å²) >= 11 is 4.01. The van der Waals surface area contributed by atoms with E-state index >= 15 is 0 Å². The van der Waals surface area contributed by atoms with E-state index in [1.807, 2.05) is 24.3 Å². The van der Waals surface area contributed by atoms with Gasteiger partial charge in [-0.05, 0) is 65.4 Å². The normalized spacial score (nSPS) is 15.7. The predicted octanol–water partition coefficient (Wildman–Crippen LogP) is 4.41. The third-order valence-electron chi connectivity index (χ3n) is 3.08. The molecule has 0 atom stereocenters. The SMILES string of the molecule is CCc1ccc(C=C2C(=O)Nc3ccc(I)cc32)s1. The van der Waals surface area contributed by atoms with Gasteiger partial charge in [0.05, 0.1) is 5.57 Å². The number of halogens is 1. The first-order chi connectivity index (χ1) is 9.17. The van der Waals surface area contributed by atoms with E-state index in [0.717, 1.165) is 31.7 Å². The molecule has 0 radical (unpaired) electrons. The standard InChI is InChI=1S/C15H12INOS/c1-2-10-4-5-11(19-10)8-13-12-7-9(16)3-6-14(12)17-15(13)18/h3-8H,2H2,1H3,(H,17,18). The lowest BCUT2D eigenvalue weighted by Crippen LogP contribution is -2.03. The first-order valence-corrected chi connectivity index (χ1v) is 7.98. The molecule has 4 heteroatoms. The van der Waals surface area contributed by atoms with Crippen LogP contribution < -0.4 is 5.32 Å². The van der Waals surface area contributed by atoms with Crippen LogP contribution in [0.25, 0.3) is 11.6 Å². The van der Waals surface area contributed by atoms with Gasteiger partial charge in [0.15, 0.2) is 0 Å². The van der Waals surface area contributed by atoms with E-state index in [-0.39, 0.29) is 5.91 Å². The summed E-state index contributed by atoms with van der Waals surface area (Å²) in [6, 6.07) is 10.2. The van der Waals surface area contributed by atoms with Crippen LogP contribution in [-0.2, 0) is 11.2 Å². The van der Waals surface area contributed by atoms with Crippen molar-refractivity contribution in [3.63, 3.8) is 0 Å². The second kappa shape index (κ2) is 5.09. The minimum absolute atomic E-state index is 0.0107. The molecule has 2 aromatic rings. The lowest BCUT2D eigenvalue weighted by atomic mass is 10.1. The molecule has 1 amide bonds. The van der Waals surface area contributed by atoms with Gasteiger partial charge in [0.2, 0.25) is 0 Å². The van der Waals surface area contributed by atoms with E-state index in [1.165, 1.54) is 4.88 Å². The summed E-state index contributed by atoms with van der Waals surface area (Å²) in [6.07, 6.45) is 3.02. The van der Waals surface area contributed by atoms with Gasteiger partial charge in [-0.3, -0.25) is 4.79 Å². The van der Waals surface area contributed by atoms with Gasteiger partial charge in [-0.1, -0.05) is 6.92 Å². The van der Waals surface area contributed by atoms with Gasteiger partial charge in [0.25, 0.3) is 5.91 Å². The number of amides is 1. The largest absolute Gasteiger partial charge is 0.321 e. The van der Waals surface area contributed by atoms with Crippen LogP contribution in [0, 0.1) is 3.57 Å². The number of anilines is 1. The zero-order valence-corrected chi connectivity index (χ0v) is 13.3. The molecule has 0 saturated heterocycles. The van der Waals surface area contributed by atoms with Gasteiger partial charge < -0.3 is 5.32 Å². The van der Waals surface area contributed by atoms with Crippen LogP contribution in [0.3, 0.4) is 0 Å². The van der Waals surface area contributed by atoms with Crippen LogP contribution in [0.15, 0.2) is 30.3 Å². The highest BCUT2D eigenvalue weighted by molar-refractivity contribution is 14.1. The number of hydrogen-bond acceptors (Lipinski definition) is 2. The summed E-state index contributed by atoms with van der Waals surface area (Å²) in [5, 5.41) is 2.91. The monoisotopic (exact) mass is 381 g/mol. The molecule has 2 heterocycles. The molecule has 96 valence electrons. The summed E-state index contributed by atoms with van der Waals surface area (Å²) in [7, 11) is 0. The van der Waals surface area contributed by atoms with Crippen molar-refractivity contribution in [3.8, 4) is 0 Å². The van der Waals surface area contributed by atoms with Gasteiger partial charge in [-0.15, -0.1) is 11.3 Å². The fraction of sp³-hybridized carbons (Fsp3) is 0.133. The predicted molar refractivity (Wildman–Crippen MR) is 89.4 cm³/mol. The molecule has 0 fully saturated rings. The smallest absolute Gasteiger partial charge is 0.256 e. The van der Waals surface area contributed by atoms with Crippen molar-refractivity contribution in [1.29, 1.82) is 0 Å². The summed E-state index contributed by atoms with van der Waals surface area (Å²) in [5.74, 6) is -0.0107. The Bertz CT molecular complexity index is 687. The van der Waals surface area contributed by atoms with E-state index in [1.54, 1.807) is 11.3 Å². The number of benzene rings is 1. The van der Waals surface area contributed by atoms with Gasteiger partial charge in [-0.25, -0.2) is 0 Å². The Morgan fingerprint density at radius 1 is 1.32 bits per heavy atom. The third kappa shape index (κ3) is 2.47. The summed E-state index contributed by atoms with van der Waals surface area (Å²) in [6.45, 7) is 2.14. The Morgan fingerprint density at radius 3 is 2.89 bits per heavy atom. The Hall–Kier alpha value is -1.14. The van der Waals surface area contributed by atoms with Gasteiger partial charge in [0.1, 0.15) is 0 Å². The quantitative estimate of drug-likeness (QED) is 0.606. The molecule has 0 bridgehead atoms. The van der Waals surface area contributed by atoms with Crippen molar-refractivity contribution in [1.82, 2.24) is 0 Å². The Morgan fingerprint density at radius 2 is 2.16 bits per heavy atom. The minimum atomic E-state index is -0.0107. The highest BCUT2D eigenvalue weighted by atomic mass is 127. The molecule has 1 aliphatic rings. The zero-order valence-electron chi connectivity index (χ0n) is 10.4. The summed E-state index contributed by atoms with van der Waals surface area (Å²) in [5.41, 5.74) is 2.67. The minimum Gasteiger partial charge on any atom is -0.321 e. The maximum atomic E-state index is 12.0. The number of carbonyl (C=O) groups is 1. The average Bonchev–Trinajstić information content (AvgIpc) is 2.96. The van der Waals surface area contributed by atoms with Crippen LogP contribution in [0.1, 0.15) is 22.2 Å². The van der Waals surface area contributed by atoms with Gasteiger partial charge >= 0.3 is 0 Å². The van der Waals surface area contributed by atoms with E-state index in [4.69, 9.17) is 0 Å². The first kappa shape index (κ1) is 12.9. The number of hydrogen-bond donors (Lipinski definition) is 1. The highest BCUT2D eigenvalue weighted by Crippen LogP contribution is 2.35. The van der Waals surface area contributed by atoms with E-state index in [9.17, 15) is 4.79 Å². The average molecular weight is 381 g/mol. The van der Waals surface area contributed by atoms with Crippen molar-refractivity contribution in [2.75, 3.05) is 5.32 Å². The van der Waals surface area contributed by atoms with E-state index in [2.05, 4.69) is 47.0 Å². The molecule has 1 N–H and O–H groups in total. The summed E-state index contributed by atoms with van der Waals surface area (Å²) < 4.78 is 1.14. The molecule has 0 spiro atoms. The molecule has 1 aliphatic heterocycles. The molecule has 0 aliphatic carbocycles. The zero-order chi connectivity index (χ0) is 13.4. The van der Waals surface area contributed by atoms with Crippen molar-refractivity contribution < 1.29 is 4.79 Å². The fourth-order valence-corrected chi connectivity index (χ4v) is 3.50. The molecule has 19 heavy (non-hydrogen) atoms. The molecule has 3 rings (SSSR count). The Balaban J connectivity index is 2.06. The number of thiophene rings is 1. The van der Waals surface area contributed by atoms with E-state index < -0.39 is 0 Å². The fourth-order valence-electron chi connectivity index (χ4n) is 2.11. The van der Waals surface area contributed by atoms with Gasteiger partial charge in [0, 0.05) is 24.6 Å². The molecule has 1 aromatic heterocycles. The number of nitrogens with one attached hydrogen (secondary N) is 1. The van der Waals surface area contributed by atoms with Crippen molar-refractivity contribution in [3.05, 3.63) is 49.2 Å². The number of carbonyl (C=O) groups excluding carboxylic acids is 1. The van der Waals surface area contributed by atoms with E-state index in [0.29, 0.717) is 0 Å². The highest BCUT2D eigenvalue weighted by Gasteiger charge is 2.24. The maximum Gasteiger partial charge on any atom is 0.256 e. The van der Waals surface area contributed by atoms with Crippen molar-refractivity contribution in [2.24, 2.45) is 0 Å². The Labute approximate surface area is 129 Å². The van der Waals surface area contributed by atoms with Crippen LogP contribution in [0.5, 0.6) is 0 Å². The van der Waals surface area contributed by atoms with Crippen LogP contribution in [0.2, 0.25) is 0 Å². The first-order valence-electron chi connectivity index (χ1n) is 6.09. The summed E-state index contributed by atoms with van der Waals surface area (Å²) in [4.78, 5) is 14.5. The molecule has 1 aromatic carbocycles. The van der Waals surface area contributed by atoms with Crippen molar-refractivity contribution >= 4 is 57.2 Å². The second-order valence-electron chi connectivity index (χ2n) is 4.36. The van der Waals surface area contributed by atoms with Gasteiger partial charge in [-0.2, -0.15) is 0 Å². The third-order valence-corrected chi connectivity index (χ3v) is 4.93. The molecule has 0 unspecified atom stereocenters. The van der Waals surface area contributed by atoms with Crippen molar-refractivity contribution in [2.45, 2.75) is 13.3 Å².